The molecule has 0 aliphatic rings. The largest absolute Gasteiger partial charge is 0.616 e. The third-order valence-electron chi connectivity index (χ3n) is 2.61. The monoisotopic (exact) mass is 263 g/mol. The number of hydrogen-bond donors (Lipinski definition) is 2. The number of hydrogen-bond acceptors (Lipinski definition) is 3. The van der Waals surface area contributed by atoms with Gasteiger partial charge in [0.25, 0.3) is 5.91 Å². The van der Waals surface area contributed by atoms with Crippen molar-refractivity contribution < 1.29 is 14.6 Å². The molecule has 0 aromatic heterocycles. The lowest BCUT2D eigenvalue weighted by atomic mass is 10.1. The molecule has 2 aromatic carbocycles. The number of rotatable bonds is 4. The summed E-state index contributed by atoms with van der Waals surface area (Å²) in [5.74, 6) is -0.525. The van der Waals surface area contributed by atoms with Gasteiger partial charge < -0.3 is 4.55 Å². The highest BCUT2D eigenvalue weighted by molar-refractivity contribution is 7.91. The summed E-state index contributed by atoms with van der Waals surface area (Å²) in [6, 6.07) is 13.6. The molecule has 0 aliphatic carbocycles. The maximum absolute atomic E-state index is 11.8. The molecule has 2 aromatic rings. The predicted octanol–water partition coefficient (Wildman–Crippen LogP) is 1.59. The number of amides is 1. The lowest BCUT2D eigenvalue weighted by Crippen LogP contribution is -2.28. The van der Waals surface area contributed by atoms with Gasteiger partial charge in [0.2, 0.25) is 0 Å². The highest BCUT2D eigenvalue weighted by Gasteiger charge is 2.14. The number of benzene rings is 2. The molecule has 0 saturated carbocycles. The maximum atomic E-state index is 11.8. The average Bonchev–Trinajstić information content (AvgIpc) is 2.39. The van der Waals surface area contributed by atoms with Crippen LogP contribution >= 0.6 is 0 Å². The Labute approximate surface area is 108 Å². The summed E-state index contributed by atoms with van der Waals surface area (Å²) < 4.78 is 11.8. The van der Waals surface area contributed by atoms with Gasteiger partial charge in [-0.15, -0.1) is 0 Å². The molecule has 0 heterocycles. The Kier molecular flexibility index (Phi) is 4.19. The molecule has 4 nitrogen and oxygen atoms in total. The summed E-state index contributed by atoms with van der Waals surface area (Å²) in [4.78, 5) is 10.9. The lowest BCUT2D eigenvalue weighted by molar-refractivity contribution is -0.126. The van der Waals surface area contributed by atoms with Crippen molar-refractivity contribution in [2.24, 2.45) is 0 Å². The molecule has 1 atom stereocenters. The summed E-state index contributed by atoms with van der Waals surface area (Å²) in [5.41, 5.74) is 2.43. The van der Waals surface area contributed by atoms with Gasteiger partial charge in [-0.05, 0) is 21.9 Å². The van der Waals surface area contributed by atoms with Crippen molar-refractivity contribution in [3.8, 4) is 0 Å². The SMILES string of the molecule is O=C(C[S+]([O-])Cc1cccc2ccccc12)NO. The Morgan fingerprint density at radius 1 is 1.22 bits per heavy atom. The Bertz CT molecular complexity index is 553. The third kappa shape index (κ3) is 3.01. The topological polar surface area (TPSA) is 72.4 Å². The number of carbonyl (C=O) groups is 1. The van der Waals surface area contributed by atoms with Crippen LogP contribution in [0.25, 0.3) is 10.8 Å². The second-order valence-electron chi connectivity index (χ2n) is 3.90. The quantitative estimate of drug-likeness (QED) is 0.500. The molecule has 1 amide bonds. The van der Waals surface area contributed by atoms with Crippen molar-refractivity contribution in [3.63, 3.8) is 0 Å². The fourth-order valence-corrected chi connectivity index (χ4v) is 2.88. The molecule has 0 spiro atoms. The molecule has 1 unspecified atom stereocenters. The summed E-state index contributed by atoms with van der Waals surface area (Å²) in [7, 11) is 0. The first-order valence-electron chi connectivity index (χ1n) is 5.45. The van der Waals surface area contributed by atoms with E-state index in [1.807, 2.05) is 42.5 Å². The minimum absolute atomic E-state index is 0.195. The van der Waals surface area contributed by atoms with Gasteiger partial charge in [0, 0.05) is 5.56 Å². The van der Waals surface area contributed by atoms with Gasteiger partial charge in [-0.1, -0.05) is 42.5 Å². The van der Waals surface area contributed by atoms with E-state index < -0.39 is 17.1 Å². The van der Waals surface area contributed by atoms with E-state index in [-0.39, 0.29) is 5.75 Å². The van der Waals surface area contributed by atoms with Crippen LogP contribution < -0.4 is 5.48 Å². The first kappa shape index (κ1) is 12.9. The molecule has 0 radical (unpaired) electrons. The first-order valence-corrected chi connectivity index (χ1v) is 6.94. The standard InChI is InChI=1S/C13H13NO3S/c15-13(14-16)9-18(17)8-11-6-3-5-10-4-1-2-7-12(10)11/h1-7,16H,8-9H2,(H,14,15). The minimum atomic E-state index is -1.33. The molecule has 0 aliphatic heterocycles. The van der Waals surface area contributed by atoms with Gasteiger partial charge >= 0.3 is 0 Å². The molecule has 0 bridgehead atoms. The number of hydroxylamine groups is 1. The van der Waals surface area contributed by atoms with E-state index in [9.17, 15) is 9.35 Å². The minimum Gasteiger partial charge on any atom is -0.616 e. The van der Waals surface area contributed by atoms with Crippen molar-refractivity contribution in [2.45, 2.75) is 5.75 Å². The fourth-order valence-electron chi connectivity index (χ4n) is 1.82. The summed E-state index contributed by atoms with van der Waals surface area (Å²) in [6.45, 7) is 0. The predicted molar refractivity (Wildman–Crippen MR) is 70.6 cm³/mol. The molecule has 5 heteroatoms. The first-order chi connectivity index (χ1) is 8.70. The van der Waals surface area contributed by atoms with Gasteiger partial charge in [-0.25, -0.2) is 5.48 Å². The van der Waals surface area contributed by atoms with Gasteiger partial charge in [0.15, 0.2) is 5.75 Å². The number of fused-ring (bicyclic) bond motifs is 1. The molecule has 0 saturated heterocycles. The van der Waals surface area contributed by atoms with E-state index in [4.69, 9.17) is 5.21 Å². The van der Waals surface area contributed by atoms with Crippen LogP contribution in [0.1, 0.15) is 5.56 Å². The summed E-state index contributed by atoms with van der Waals surface area (Å²) in [5, 5.41) is 10.5. The van der Waals surface area contributed by atoms with E-state index >= 15 is 0 Å². The second kappa shape index (κ2) is 5.86. The average molecular weight is 263 g/mol. The van der Waals surface area contributed by atoms with E-state index in [2.05, 4.69) is 0 Å². The van der Waals surface area contributed by atoms with E-state index in [1.54, 1.807) is 0 Å². The second-order valence-corrected chi connectivity index (χ2v) is 5.36. The van der Waals surface area contributed by atoms with Crippen LogP contribution in [-0.2, 0) is 21.7 Å². The van der Waals surface area contributed by atoms with Gasteiger partial charge in [-0.2, -0.15) is 0 Å². The zero-order chi connectivity index (χ0) is 13.0. The van der Waals surface area contributed by atoms with Crippen LogP contribution in [0.3, 0.4) is 0 Å². The van der Waals surface area contributed by atoms with E-state index in [0.29, 0.717) is 5.75 Å². The van der Waals surface area contributed by atoms with E-state index in [1.165, 1.54) is 5.48 Å². The lowest BCUT2D eigenvalue weighted by Gasteiger charge is -2.11. The van der Waals surface area contributed by atoms with Crippen molar-refractivity contribution in [3.05, 3.63) is 48.0 Å². The highest BCUT2D eigenvalue weighted by Crippen LogP contribution is 2.20. The molecule has 94 valence electrons. The van der Waals surface area contributed by atoms with Gasteiger partial charge in [0.05, 0.1) is 0 Å². The molecule has 0 fully saturated rings. The van der Waals surface area contributed by atoms with Crippen LogP contribution in [-0.4, -0.2) is 21.4 Å². The molecule has 2 N–H and O–H groups in total. The van der Waals surface area contributed by atoms with Crippen molar-refractivity contribution >= 4 is 27.9 Å². The summed E-state index contributed by atoms with van der Waals surface area (Å²) >= 11 is -1.33. The zero-order valence-corrected chi connectivity index (χ0v) is 10.4. The van der Waals surface area contributed by atoms with Gasteiger partial charge in [0.1, 0.15) is 5.75 Å². The Morgan fingerprint density at radius 3 is 2.72 bits per heavy atom. The van der Waals surface area contributed by atoms with E-state index in [0.717, 1.165) is 16.3 Å². The molecular weight excluding hydrogens is 250 g/mol. The van der Waals surface area contributed by atoms with Crippen LogP contribution in [0.5, 0.6) is 0 Å². The van der Waals surface area contributed by atoms with Crippen LogP contribution in [0, 0.1) is 0 Å². The Balaban J connectivity index is 2.19. The zero-order valence-electron chi connectivity index (χ0n) is 9.63. The molecule has 18 heavy (non-hydrogen) atoms. The maximum Gasteiger partial charge on any atom is 0.293 e. The van der Waals surface area contributed by atoms with Crippen LogP contribution in [0.4, 0.5) is 0 Å². The van der Waals surface area contributed by atoms with Crippen molar-refractivity contribution in [2.75, 3.05) is 5.75 Å². The Hall–Kier alpha value is -1.56. The normalized spacial score (nSPS) is 12.3. The highest BCUT2D eigenvalue weighted by atomic mass is 32.2. The molecular formula is C13H13NO3S. The number of carbonyl (C=O) groups excluding carboxylic acids is 1. The number of nitrogens with one attached hydrogen (secondary N) is 1. The fraction of sp³-hybridized carbons (Fsp3) is 0.154. The molecule has 2 rings (SSSR count). The summed E-state index contributed by atoms with van der Waals surface area (Å²) in [6.07, 6.45) is 0. The smallest absolute Gasteiger partial charge is 0.293 e. The third-order valence-corrected chi connectivity index (χ3v) is 3.83. The van der Waals surface area contributed by atoms with Crippen molar-refractivity contribution in [1.29, 1.82) is 0 Å². The van der Waals surface area contributed by atoms with Crippen molar-refractivity contribution in [1.82, 2.24) is 5.48 Å². The van der Waals surface area contributed by atoms with Crippen LogP contribution in [0.2, 0.25) is 0 Å². The van der Waals surface area contributed by atoms with Gasteiger partial charge in [-0.3, -0.25) is 10.0 Å². The Morgan fingerprint density at radius 2 is 1.94 bits per heavy atom. The van der Waals surface area contributed by atoms with Crippen LogP contribution in [0.15, 0.2) is 42.5 Å².